The van der Waals surface area contributed by atoms with Crippen LogP contribution in [0.4, 0.5) is 5.69 Å². The van der Waals surface area contributed by atoms with Gasteiger partial charge in [-0.3, -0.25) is 0 Å². The minimum atomic E-state index is 0.783. The molecule has 23 heavy (non-hydrogen) atoms. The quantitative estimate of drug-likeness (QED) is 0.697. The van der Waals surface area contributed by atoms with Gasteiger partial charge in [0, 0.05) is 18.8 Å². The zero-order valence-electron chi connectivity index (χ0n) is 13.8. The highest BCUT2D eigenvalue weighted by atomic mass is 32.1. The van der Waals surface area contributed by atoms with Gasteiger partial charge in [0.15, 0.2) is 5.11 Å². The first-order valence-electron chi connectivity index (χ1n) is 8.11. The number of nitrogens with zero attached hydrogens (tertiary/aromatic N) is 1. The Labute approximate surface area is 144 Å². The fourth-order valence-corrected chi connectivity index (χ4v) is 2.59. The predicted molar refractivity (Wildman–Crippen MR) is 101 cm³/mol. The lowest BCUT2D eigenvalue weighted by Crippen LogP contribution is -2.35. The molecule has 0 saturated carbocycles. The van der Waals surface area contributed by atoms with Gasteiger partial charge in [0.1, 0.15) is 11.5 Å². The molecule has 0 unspecified atom stereocenters. The summed E-state index contributed by atoms with van der Waals surface area (Å²) in [6.45, 7) is 6.30. The first-order valence-corrected chi connectivity index (χ1v) is 8.52. The molecule has 0 heterocycles. The van der Waals surface area contributed by atoms with E-state index in [1.165, 1.54) is 0 Å². The molecule has 3 nitrogen and oxygen atoms in total. The Kier molecular flexibility index (Phi) is 6.88. The zero-order valence-corrected chi connectivity index (χ0v) is 14.6. The lowest BCUT2D eigenvalue weighted by atomic mass is 10.3. The highest BCUT2D eigenvalue weighted by molar-refractivity contribution is 7.80. The largest absolute Gasteiger partial charge is 0.457 e. The third-order valence-electron chi connectivity index (χ3n) is 3.36. The summed E-state index contributed by atoms with van der Waals surface area (Å²) in [6, 6.07) is 17.6. The molecule has 0 bridgehead atoms. The van der Waals surface area contributed by atoms with Crippen LogP contribution in [0.15, 0.2) is 54.6 Å². The van der Waals surface area contributed by atoms with Crippen molar-refractivity contribution in [2.24, 2.45) is 0 Å². The number of rotatable bonds is 7. The van der Waals surface area contributed by atoms with Crippen LogP contribution in [0.25, 0.3) is 0 Å². The van der Waals surface area contributed by atoms with Crippen LogP contribution in [-0.2, 0) is 0 Å². The molecule has 0 spiro atoms. The van der Waals surface area contributed by atoms with Crippen molar-refractivity contribution in [2.75, 3.05) is 18.4 Å². The maximum Gasteiger partial charge on any atom is 0.173 e. The average molecular weight is 328 g/mol. The van der Waals surface area contributed by atoms with Crippen LogP contribution in [-0.4, -0.2) is 23.1 Å². The van der Waals surface area contributed by atoms with Crippen LogP contribution >= 0.6 is 12.2 Å². The number of hydrogen-bond acceptors (Lipinski definition) is 2. The third-order valence-corrected chi connectivity index (χ3v) is 3.72. The molecule has 0 aliphatic rings. The van der Waals surface area contributed by atoms with Crippen molar-refractivity contribution in [3.05, 3.63) is 54.6 Å². The van der Waals surface area contributed by atoms with E-state index in [-0.39, 0.29) is 0 Å². The summed E-state index contributed by atoms with van der Waals surface area (Å²) in [6.07, 6.45) is 2.18. The Hall–Kier alpha value is -2.07. The van der Waals surface area contributed by atoms with Gasteiger partial charge in [-0.25, -0.2) is 0 Å². The second-order valence-electron chi connectivity index (χ2n) is 5.36. The molecule has 0 atom stereocenters. The van der Waals surface area contributed by atoms with Crippen molar-refractivity contribution < 1.29 is 4.74 Å². The van der Waals surface area contributed by atoms with E-state index in [2.05, 4.69) is 24.1 Å². The van der Waals surface area contributed by atoms with E-state index in [0.717, 1.165) is 48.2 Å². The lowest BCUT2D eigenvalue weighted by molar-refractivity contribution is 0.423. The molecule has 0 aliphatic carbocycles. The van der Waals surface area contributed by atoms with Crippen LogP contribution in [0.3, 0.4) is 0 Å². The Morgan fingerprint density at radius 1 is 0.913 bits per heavy atom. The minimum absolute atomic E-state index is 0.783. The molecule has 4 heteroatoms. The summed E-state index contributed by atoms with van der Waals surface area (Å²) in [7, 11) is 0. The second kappa shape index (κ2) is 9.16. The van der Waals surface area contributed by atoms with Gasteiger partial charge in [-0.1, -0.05) is 32.0 Å². The molecule has 0 radical (unpaired) electrons. The van der Waals surface area contributed by atoms with Gasteiger partial charge in [-0.15, -0.1) is 0 Å². The van der Waals surface area contributed by atoms with Crippen molar-refractivity contribution in [2.45, 2.75) is 26.7 Å². The standard InChI is InChI=1S/C19H24N2OS/c1-3-14-21(15-4-2)19(23)20-16-10-12-18(13-11-16)22-17-8-6-5-7-9-17/h5-13H,3-4,14-15H2,1-2H3,(H,20,23). The molecule has 2 aromatic rings. The molecule has 0 aromatic heterocycles. The molecule has 0 amide bonds. The Morgan fingerprint density at radius 2 is 1.48 bits per heavy atom. The zero-order chi connectivity index (χ0) is 16.5. The first kappa shape index (κ1) is 17.3. The third kappa shape index (κ3) is 5.57. The first-order chi connectivity index (χ1) is 11.2. The number of thiocarbonyl (C=S) groups is 1. The molecule has 122 valence electrons. The summed E-state index contributed by atoms with van der Waals surface area (Å²) in [5.41, 5.74) is 0.979. The fraction of sp³-hybridized carbons (Fsp3) is 0.316. The molecule has 2 rings (SSSR count). The molecule has 0 aliphatic heterocycles. The molecule has 0 fully saturated rings. The highest BCUT2D eigenvalue weighted by Gasteiger charge is 2.07. The van der Waals surface area contributed by atoms with Crippen LogP contribution in [0, 0.1) is 0 Å². The van der Waals surface area contributed by atoms with Gasteiger partial charge in [0.05, 0.1) is 0 Å². The summed E-state index contributed by atoms with van der Waals surface area (Å²) in [4.78, 5) is 2.21. The maximum absolute atomic E-state index is 5.79. The number of benzene rings is 2. The topological polar surface area (TPSA) is 24.5 Å². The summed E-state index contributed by atoms with van der Waals surface area (Å²) < 4.78 is 5.79. The van der Waals surface area contributed by atoms with Gasteiger partial charge in [-0.2, -0.15) is 0 Å². The van der Waals surface area contributed by atoms with Gasteiger partial charge in [0.2, 0.25) is 0 Å². The molecular formula is C19H24N2OS. The molecule has 0 saturated heterocycles. The van der Waals surface area contributed by atoms with Crippen LogP contribution < -0.4 is 10.1 Å². The van der Waals surface area contributed by atoms with E-state index in [1.54, 1.807) is 0 Å². The molecule has 2 aromatic carbocycles. The molecule has 1 N–H and O–H groups in total. The van der Waals surface area contributed by atoms with Gasteiger partial charge in [-0.05, 0) is 61.5 Å². The smallest absolute Gasteiger partial charge is 0.173 e. The van der Waals surface area contributed by atoms with Crippen molar-refractivity contribution >= 4 is 23.0 Å². The maximum atomic E-state index is 5.79. The van der Waals surface area contributed by atoms with Crippen molar-refractivity contribution in [3.63, 3.8) is 0 Å². The molecular weight excluding hydrogens is 304 g/mol. The Bertz CT molecular complexity index is 593. The normalized spacial score (nSPS) is 10.2. The average Bonchev–Trinajstić information content (AvgIpc) is 2.57. The number of ether oxygens (including phenoxy) is 1. The van der Waals surface area contributed by atoms with E-state index in [0.29, 0.717) is 0 Å². The highest BCUT2D eigenvalue weighted by Crippen LogP contribution is 2.22. The summed E-state index contributed by atoms with van der Waals surface area (Å²) >= 11 is 5.51. The number of nitrogens with one attached hydrogen (secondary N) is 1. The SMILES string of the molecule is CCCN(CCC)C(=S)Nc1ccc(Oc2ccccc2)cc1. The fourth-order valence-electron chi connectivity index (χ4n) is 2.29. The Balaban J connectivity index is 1.95. The second-order valence-corrected chi connectivity index (χ2v) is 5.74. The van der Waals surface area contributed by atoms with E-state index in [1.807, 2.05) is 54.6 Å². The van der Waals surface area contributed by atoms with Crippen LogP contribution in [0.5, 0.6) is 11.5 Å². The number of para-hydroxylation sites is 1. The van der Waals surface area contributed by atoms with Gasteiger partial charge < -0.3 is 15.0 Å². The van der Waals surface area contributed by atoms with Crippen LogP contribution in [0.2, 0.25) is 0 Å². The van der Waals surface area contributed by atoms with Crippen molar-refractivity contribution in [1.29, 1.82) is 0 Å². The van der Waals surface area contributed by atoms with Gasteiger partial charge >= 0.3 is 0 Å². The summed E-state index contributed by atoms with van der Waals surface area (Å²) in [5.74, 6) is 1.65. The number of hydrogen-bond donors (Lipinski definition) is 1. The summed E-state index contributed by atoms with van der Waals surface area (Å²) in [5, 5.41) is 4.09. The Morgan fingerprint density at radius 3 is 2.04 bits per heavy atom. The van der Waals surface area contributed by atoms with Crippen molar-refractivity contribution in [1.82, 2.24) is 4.90 Å². The minimum Gasteiger partial charge on any atom is -0.457 e. The van der Waals surface area contributed by atoms with E-state index in [4.69, 9.17) is 17.0 Å². The lowest BCUT2D eigenvalue weighted by Gasteiger charge is -2.25. The van der Waals surface area contributed by atoms with E-state index < -0.39 is 0 Å². The number of anilines is 1. The van der Waals surface area contributed by atoms with Crippen LogP contribution in [0.1, 0.15) is 26.7 Å². The predicted octanol–water partition coefficient (Wildman–Crippen LogP) is 5.30. The van der Waals surface area contributed by atoms with Gasteiger partial charge in [0.25, 0.3) is 0 Å². The van der Waals surface area contributed by atoms with E-state index >= 15 is 0 Å². The van der Waals surface area contributed by atoms with Crippen molar-refractivity contribution in [3.8, 4) is 11.5 Å². The monoisotopic (exact) mass is 328 g/mol. The van der Waals surface area contributed by atoms with E-state index in [9.17, 15) is 0 Å².